The quantitative estimate of drug-likeness (QED) is 0.644. The van der Waals surface area contributed by atoms with Crippen LogP contribution in [0.2, 0.25) is 5.02 Å². The zero-order chi connectivity index (χ0) is 20.8. The normalized spacial score (nSPS) is 22.6. The van der Waals surface area contributed by atoms with E-state index in [0.29, 0.717) is 23.8 Å². The molecule has 1 aromatic carbocycles. The number of piperidine rings is 1. The molecule has 0 unspecified atom stereocenters. The van der Waals surface area contributed by atoms with Crippen LogP contribution >= 0.6 is 11.6 Å². The van der Waals surface area contributed by atoms with Gasteiger partial charge in [-0.05, 0) is 36.5 Å². The average Bonchev–Trinajstić information content (AvgIpc) is 3.09. The summed E-state index contributed by atoms with van der Waals surface area (Å²) in [5, 5.41) is 0.567. The number of nitrogens with zero attached hydrogens (tertiary/aromatic N) is 3. The number of benzene rings is 1. The molecule has 6 heteroatoms. The van der Waals surface area contributed by atoms with E-state index >= 15 is 0 Å². The largest absolute Gasteiger partial charge is 0.345 e. The zero-order valence-corrected chi connectivity index (χ0v) is 17.6. The van der Waals surface area contributed by atoms with Gasteiger partial charge in [0, 0.05) is 50.1 Å². The molecule has 1 amide bonds. The van der Waals surface area contributed by atoms with Gasteiger partial charge in [0.15, 0.2) is 0 Å². The van der Waals surface area contributed by atoms with Crippen molar-refractivity contribution in [3.63, 3.8) is 0 Å². The summed E-state index contributed by atoms with van der Waals surface area (Å²) in [4.78, 5) is 28.1. The average molecular weight is 422 g/mol. The minimum atomic E-state index is 0.00397. The summed E-state index contributed by atoms with van der Waals surface area (Å²) in [5.41, 5.74) is 2.91. The van der Waals surface area contributed by atoms with Crippen LogP contribution in [0.1, 0.15) is 40.1 Å². The number of amides is 1. The zero-order valence-electron chi connectivity index (χ0n) is 16.9. The summed E-state index contributed by atoms with van der Waals surface area (Å²) in [6.45, 7) is 1.27. The second-order valence-electron chi connectivity index (χ2n) is 8.47. The summed E-state index contributed by atoms with van der Waals surface area (Å²) < 4.78 is 3.78. The lowest BCUT2D eigenvalue weighted by Gasteiger charge is -2.47. The van der Waals surface area contributed by atoms with Crippen LogP contribution in [-0.2, 0) is 13.5 Å². The van der Waals surface area contributed by atoms with Crippen LogP contribution in [0.3, 0.4) is 0 Å². The summed E-state index contributed by atoms with van der Waals surface area (Å²) in [7, 11) is 1.84. The number of halogens is 1. The van der Waals surface area contributed by atoms with Gasteiger partial charge in [-0.15, -0.1) is 0 Å². The molecule has 0 N–H and O–H groups in total. The first-order valence-electron chi connectivity index (χ1n) is 10.4. The Morgan fingerprint density at radius 1 is 1.10 bits per heavy atom. The predicted molar refractivity (Wildman–Crippen MR) is 117 cm³/mol. The highest BCUT2D eigenvalue weighted by molar-refractivity contribution is 6.31. The molecule has 1 saturated heterocycles. The third-order valence-electron chi connectivity index (χ3n) is 6.56. The van der Waals surface area contributed by atoms with Crippen molar-refractivity contribution in [3.05, 3.63) is 93.1 Å². The first kappa shape index (κ1) is 19.2. The van der Waals surface area contributed by atoms with Gasteiger partial charge >= 0.3 is 0 Å². The molecule has 0 spiro atoms. The molecule has 2 aliphatic rings. The van der Waals surface area contributed by atoms with Crippen LogP contribution < -0.4 is 5.56 Å². The van der Waals surface area contributed by atoms with Crippen LogP contribution in [0.25, 0.3) is 0 Å². The van der Waals surface area contributed by atoms with E-state index in [4.69, 9.17) is 11.6 Å². The van der Waals surface area contributed by atoms with Gasteiger partial charge in [0.2, 0.25) is 0 Å². The number of aromatic nitrogens is 2. The molecule has 2 aromatic heterocycles. The second-order valence-corrected chi connectivity index (χ2v) is 8.91. The fourth-order valence-corrected chi connectivity index (χ4v) is 5.47. The number of aryl methyl sites for hydroxylation is 1. The van der Waals surface area contributed by atoms with Gasteiger partial charge in [-0.1, -0.05) is 48.0 Å². The van der Waals surface area contributed by atoms with Crippen molar-refractivity contribution in [1.82, 2.24) is 14.0 Å². The molecular weight excluding hydrogens is 398 g/mol. The van der Waals surface area contributed by atoms with Crippen LogP contribution in [0, 0.1) is 5.92 Å². The first-order chi connectivity index (χ1) is 14.5. The highest BCUT2D eigenvalue weighted by atomic mass is 35.5. The van der Waals surface area contributed by atoms with E-state index in [-0.39, 0.29) is 29.3 Å². The number of hydrogen-bond acceptors (Lipinski definition) is 2. The molecule has 0 aliphatic carbocycles. The molecule has 5 rings (SSSR count). The van der Waals surface area contributed by atoms with E-state index in [9.17, 15) is 9.59 Å². The molecule has 2 bridgehead atoms. The Balaban J connectivity index is 1.52. The van der Waals surface area contributed by atoms with Crippen LogP contribution in [0.4, 0.5) is 0 Å². The van der Waals surface area contributed by atoms with E-state index in [1.54, 1.807) is 22.9 Å². The maximum atomic E-state index is 13.3. The lowest BCUT2D eigenvalue weighted by molar-refractivity contribution is 0.0520. The molecule has 4 heterocycles. The number of pyridine rings is 1. The standard InChI is InChI=1S/C24H24ClN3O2/c1-26-15-19(25)12-22(26)24(30)27-13-17-11-18(14-27)21(10-16-6-3-2-4-7-16)28-20(17)8-5-9-23(28)29/h2-9,12,15,17-18,21H,10-11,13-14H2,1H3/t17-,18+,21+/m1/s1. The van der Waals surface area contributed by atoms with Gasteiger partial charge in [0.05, 0.1) is 5.02 Å². The van der Waals surface area contributed by atoms with E-state index in [1.807, 2.05) is 46.8 Å². The molecule has 0 radical (unpaired) electrons. The number of likely N-dealkylation sites (tertiary alicyclic amines) is 1. The van der Waals surface area contributed by atoms with Gasteiger partial charge in [-0.25, -0.2) is 0 Å². The molecule has 1 fully saturated rings. The van der Waals surface area contributed by atoms with Crippen molar-refractivity contribution in [2.24, 2.45) is 13.0 Å². The minimum absolute atomic E-state index is 0.00397. The molecule has 154 valence electrons. The predicted octanol–water partition coefficient (Wildman–Crippen LogP) is 3.88. The molecule has 2 aliphatic heterocycles. The maximum absolute atomic E-state index is 13.3. The molecule has 30 heavy (non-hydrogen) atoms. The number of fused-ring (bicyclic) bond motifs is 4. The summed E-state index contributed by atoms with van der Waals surface area (Å²) in [6.07, 6.45) is 3.54. The third-order valence-corrected chi connectivity index (χ3v) is 6.77. The van der Waals surface area contributed by atoms with Crippen molar-refractivity contribution >= 4 is 17.5 Å². The van der Waals surface area contributed by atoms with Crippen molar-refractivity contribution in [1.29, 1.82) is 0 Å². The highest BCUT2D eigenvalue weighted by Gasteiger charge is 2.42. The second kappa shape index (κ2) is 7.47. The fraction of sp³-hybridized carbons (Fsp3) is 0.333. The Hall–Kier alpha value is -2.79. The highest BCUT2D eigenvalue weighted by Crippen LogP contribution is 2.42. The lowest BCUT2D eigenvalue weighted by atomic mass is 9.76. The molecule has 3 atom stereocenters. The van der Waals surface area contributed by atoms with E-state index in [2.05, 4.69) is 12.1 Å². The van der Waals surface area contributed by atoms with E-state index in [1.165, 1.54) is 5.56 Å². The molecule has 0 saturated carbocycles. The molecular formula is C24H24ClN3O2. The molecule has 5 nitrogen and oxygen atoms in total. The SMILES string of the molecule is Cn1cc(Cl)cc1C(=O)N1C[C@H]2C[C@@H](C1)[C@H](Cc1ccccc1)n1c2cccc1=O. The van der Waals surface area contributed by atoms with Gasteiger partial charge in [-0.3, -0.25) is 9.59 Å². The summed E-state index contributed by atoms with van der Waals surface area (Å²) in [6, 6.07) is 17.6. The fourth-order valence-electron chi connectivity index (χ4n) is 5.22. The Kier molecular flexibility index (Phi) is 4.78. The Bertz CT molecular complexity index is 1150. The minimum Gasteiger partial charge on any atom is -0.345 e. The first-order valence-corrected chi connectivity index (χ1v) is 10.8. The van der Waals surface area contributed by atoms with Crippen molar-refractivity contribution in [3.8, 4) is 0 Å². The summed E-state index contributed by atoms with van der Waals surface area (Å²) >= 11 is 6.11. The number of carbonyl (C=O) groups is 1. The van der Waals surface area contributed by atoms with Crippen molar-refractivity contribution < 1.29 is 4.79 Å². The number of carbonyl (C=O) groups excluding carboxylic acids is 1. The monoisotopic (exact) mass is 421 g/mol. The van der Waals surface area contributed by atoms with Crippen LogP contribution in [-0.4, -0.2) is 33.0 Å². The van der Waals surface area contributed by atoms with Crippen molar-refractivity contribution in [2.45, 2.75) is 24.8 Å². The van der Waals surface area contributed by atoms with E-state index < -0.39 is 0 Å². The maximum Gasteiger partial charge on any atom is 0.270 e. The third kappa shape index (κ3) is 3.27. The van der Waals surface area contributed by atoms with Gasteiger partial charge in [0.1, 0.15) is 5.69 Å². The van der Waals surface area contributed by atoms with Crippen LogP contribution in [0.15, 0.2) is 65.6 Å². The van der Waals surface area contributed by atoms with E-state index in [0.717, 1.165) is 18.5 Å². The number of rotatable bonds is 3. The number of hydrogen-bond donors (Lipinski definition) is 0. The lowest BCUT2D eigenvalue weighted by Crippen LogP contribution is -2.51. The van der Waals surface area contributed by atoms with Crippen LogP contribution in [0.5, 0.6) is 0 Å². The van der Waals surface area contributed by atoms with Gasteiger partial charge in [0.25, 0.3) is 11.5 Å². The Labute approximate surface area is 180 Å². The van der Waals surface area contributed by atoms with Crippen molar-refractivity contribution in [2.75, 3.05) is 13.1 Å². The Morgan fingerprint density at radius 2 is 1.90 bits per heavy atom. The molecule has 3 aromatic rings. The smallest absolute Gasteiger partial charge is 0.270 e. The Morgan fingerprint density at radius 3 is 2.63 bits per heavy atom. The summed E-state index contributed by atoms with van der Waals surface area (Å²) in [5.74, 6) is 0.407. The van der Waals surface area contributed by atoms with Gasteiger partial charge < -0.3 is 14.0 Å². The topological polar surface area (TPSA) is 47.2 Å². The van der Waals surface area contributed by atoms with Gasteiger partial charge in [-0.2, -0.15) is 0 Å².